The molecule has 0 radical (unpaired) electrons. The molecule has 0 bridgehead atoms. The Labute approximate surface area is 95.6 Å². The van der Waals surface area contributed by atoms with Crippen LogP contribution >= 0.6 is 11.3 Å². The fourth-order valence-corrected chi connectivity index (χ4v) is 2.00. The number of nitrogens with one attached hydrogen (secondary N) is 1. The van der Waals surface area contributed by atoms with Crippen molar-refractivity contribution in [1.82, 2.24) is 10.3 Å². The zero-order valence-corrected chi connectivity index (χ0v) is 10.5. The van der Waals surface area contributed by atoms with Crippen LogP contribution in [-0.4, -0.2) is 23.2 Å². The van der Waals surface area contributed by atoms with Gasteiger partial charge in [0.05, 0.1) is 0 Å². The smallest absolute Gasteiger partial charge is 0.107 e. The van der Waals surface area contributed by atoms with E-state index in [9.17, 15) is 5.11 Å². The molecule has 1 heterocycles. The van der Waals surface area contributed by atoms with Gasteiger partial charge in [-0.2, -0.15) is 0 Å². The van der Waals surface area contributed by atoms with Gasteiger partial charge in [0.2, 0.25) is 0 Å². The first-order chi connectivity index (χ1) is 7.09. The lowest BCUT2D eigenvalue weighted by Gasteiger charge is -2.25. The Morgan fingerprint density at radius 3 is 2.80 bits per heavy atom. The predicted octanol–water partition coefficient (Wildman–Crippen LogP) is 1.95. The molecular weight excluding hydrogens is 208 g/mol. The number of aromatic nitrogens is 1. The van der Waals surface area contributed by atoms with Gasteiger partial charge < -0.3 is 10.4 Å². The van der Waals surface area contributed by atoms with Crippen molar-refractivity contribution in [1.29, 1.82) is 0 Å². The zero-order chi connectivity index (χ0) is 11.3. The van der Waals surface area contributed by atoms with Gasteiger partial charge in [0.15, 0.2) is 0 Å². The van der Waals surface area contributed by atoms with Crippen molar-refractivity contribution in [2.75, 3.05) is 13.2 Å². The fraction of sp³-hybridized carbons (Fsp3) is 0.727. The summed E-state index contributed by atoms with van der Waals surface area (Å²) in [6.45, 7) is 8.11. The number of aliphatic hydroxyl groups is 1. The molecule has 86 valence electrons. The predicted molar refractivity (Wildman–Crippen MR) is 64.0 cm³/mol. The number of hydrogen-bond donors (Lipinski definition) is 2. The van der Waals surface area contributed by atoms with Gasteiger partial charge in [0.1, 0.15) is 5.01 Å². The Hall–Kier alpha value is -0.450. The van der Waals surface area contributed by atoms with Crippen LogP contribution in [0.25, 0.3) is 0 Å². The van der Waals surface area contributed by atoms with Crippen LogP contribution in [0.15, 0.2) is 6.20 Å². The van der Waals surface area contributed by atoms with E-state index in [-0.39, 0.29) is 12.0 Å². The van der Waals surface area contributed by atoms with Crippen molar-refractivity contribution in [2.24, 2.45) is 5.41 Å². The largest absolute Gasteiger partial charge is 0.396 e. The topological polar surface area (TPSA) is 45.1 Å². The molecule has 1 rings (SSSR count). The third-order valence-corrected chi connectivity index (χ3v) is 3.65. The molecule has 0 saturated heterocycles. The molecule has 0 aliphatic heterocycles. The van der Waals surface area contributed by atoms with E-state index in [0.717, 1.165) is 24.5 Å². The van der Waals surface area contributed by atoms with Crippen molar-refractivity contribution >= 4 is 11.3 Å². The highest BCUT2D eigenvalue weighted by Crippen LogP contribution is 2.19. The Morgan fingerprint density at radius 1 is 1.60 bits per heavy atom. The van der Waals surface area contributed by atoms with E-state index in [1.165, 1.54) is 4.88 Å². The Morgan fingerprint density at radius 2 is 2.33 bits per heavy atom. The van der Waals surface area contributed by atoms with Crippen molar-refractivity contribution in [3.63, 3.8) is 0 Å². The summed E-state index contributed by atoms with van der Waals surface area (Å²) in [5.41, 5.74) is -0.00763. The van der Waals surface area contributed by atoms with Crippen LogP contribution in [0.4, 0.5) is 0 Å². The van der Waals surface area contributed by atoms with Crippen LogP contribution in [0.5, 0.6) is 0 Å². The van der Waals surface area contributed by atoms with E-state index in [1.807, 2.05) is 6.20 Å². The maximum absolute atomic E-state index is 9.23. The first kappa shape index (κ1) is 12.6. The number of aryl methyl sites for hydroxylation is 1. The summed E-state index contributed by atoms with van der Waals surface area (Å²) >= 11 is 1.72. The summed E-state index contributed by atoms with van der Waals surface area (Å²) in [6.07, 6.45) is 2.88. The summed E-state index contributed by atoms with van der Waals surface area (Å²) in [5, 5.41) is 13.7. The molecule has 0 spiro atoms. The van der Waals surface area contributed by atoms with E-state index in [0.29, 0.717) is 0 Å². The van der Waals surface area contributed by atoms with E-state index in [4.69, 9.17) is 0 Å². The van der Waals surface area contributed by atoms with Gasteiger partial charge in [-0.25, -0.2) is 4.98 Å². The summed E-state index contributed by atoms with van der Waals surface area (Å²) < 4.78 is 0. The van der Waals surface area contributed by atoms with Crippen LogP contribution in [0.3, 0.4) is 0 Å². The second kappa shape index (κ2) is 5.58. The van der Waals surface area contributed by atoms with Crippen LogP contribution in [-0.2, 0) is 6.54 Å². The summed E-state index contributed by atoms with van der Waals surface area (Å²) in [5.74, 6) is 0. The summed E-state index contributed by atoms with van der Waals surface area (Å²) in [4.78, 5) is 5.52. The molecule has 4 heteroatoms. The first-order valence-corrected chi connectivity index (χ1v) is 6.14. The van der Waals surface area contributed by atoms with Gasteiger partial charge in [-0.15, -0.1) is 11.3 Å². The standard InChI is InChI=1S/C11H20N2OS/c1-4-11(3,8-14)7-12-6-10-13-5-9(2)15-10/h5,12,14H,4,6-8H2,1-3H3. The molecule has 0 aromatic carbocycles. The molecule has 15 heavy (non-hydrogen) atoms. The van der Waals surface area contributed by atoms with Crippen molar-refractivity contribution in [3.8, 4) is 0 Å². The molecular formula is C11H20N2OS. The lowest BCUT2D eigenvalue weighted by molar-refractivity contribution is 0.135. The quantitative estimate of drug-likeness (QED) is 0.782. The summed E-state index contributed by atoms with van der Waals surface area (Å²) in [6, 6.07) is 0. The molecule has 2 N–H and O–H groups in total. The minimum Gasteiger partial charge on any atom is -0.396 e. The van der Waals surface area contributed by atoms with Crippen LogP contribution in [0, 0.1) is 12.3 Å². The average Bonchev–Trinajstić information content (AvgIpc) is 2.64. The SMILES string of the molecule is CCC(C)(CO)CNCc1ncc(C)s1. The van der Waals surface area contributed by atoms with Gasteiger partial charge >= 0.3 is 0 Å². The van der Waals surface area contributed by atoms with Gasteiger partial charge in [-0.05, 0) is 13.3 Å². The zero-order valence-electron chi connectivity index (χ0n) is 9.71. The molecule has 3 nitrogen and oxygen atoms in total. The van der Waals surface area contributed by atoms with Gasteiger partial charge in [-0.3, -0.25) is 0 Å². The van der Waals surface area contributed by atoms with E-state index in [2.05, 4.69) is 31.1 Å². The number of rotatable bonds is 6. The Kier molecular flexibility index (Phi) is 4.70. The molecule has 1 atom stereocenters. The summed E-state index contributed by atoms with van der Waals surface area (Å²) in [7, 11) is 0. The highest BCUT2D eigenvalue weighted by molar-refractivity contribution is 7.11. The molecule has 0 saturated carbocycles. The molecule has 0 fully saturated rings. The van der Waals surface area contributed by atoms with Gasteiger partial charge in [0.25, 0.3) is 0 Å². The molecule has 1 unspecified atom stereocenters. The van der Waals surface area contributed by atoms with E-state index in [1.54, 1.807) is 11.3 Å². The second-order valence-corrected chi connectivity index (χ2v) is 5.61. The maximum atomic E-state index is 9.23. The molecule has 1 aromatic rings. The van der Waals surface area contributed by atoms with Gasteiger partial charge in [-0.1, -0.05) is 13.8 Å². The molecule has 1 aromatic heterocycles. The lowest BCUT2D eigenvalue weighted by Crippen LogP contribution is -2.34. The maximum Gasteiger partial charge on any atom is 0.107 e. The lowest BCUT2D eigenvalue weighted by atomic mass is 9.89. The average molecular weight is 228 g/mol. The number of thiazole rings is 1. The van der Waals surface area contributed by atoms with E-state index < -0.39 is 0 Å². The van der Waals surface area contributed by atoms with E-state index >= 15 is 0 Å². The third kappa shape index (κ3) is 3.89. The molecule has 0 amide bonds. The van der Waals surface area contributed by atoms with Crippen LogP contribution < -0.4 is 5.32 Å². The minimum atomic E-state index is -0.00763. The number of hydrogen-bond acceptors (Lipinski definition) is 4. The normalized spacial score (nSPS) is 15.2. The van der Waals surface area contributed by atoms with Crippen molar-refractivity contribution in [3.05, 3.63) is 16.1 Å². The second-order valence-electron chi connectivity index (χ2n) is 4.29. The van der Waals surface area contributed by atoms with Gasteiger partial charge in [0, 0.05) is 36.2 Å². The minimum absolute atomic E-state index is 0.00763. The fourth-order valence-electron chi connectivity index (χ4n) is 1.25. The monoisotopic (exact) mass is 228 g/mol. The first-order valence-electron chi connectivity index (χ1n) is 5.32. The van der Waals surface area contributed by atoms with Crippen LogP contribution in [0.1, 0.15) is 30.2 Å². The van der Waals surface area contributed by atoms with Crippen molar-refractivity contribution < 1.29 is 5.11 Å². The highest BCUT2D eigenvalue weighted by atomic mass is 32.1. The Bertz CT molecular complexity index is 295. The molecule has 0 aliphatic carbocycles. The molecule has 0 aliphatic rings. The Balaban J connectivity index is 2.32. The third-order valence-electron chi connectivity index (χ3n) is 2.73. The number of aliphatic hydroxyl groups excluding tert-OH is 1. The van der Waals surface area contributed by atoms with Crippen molar-refractivity contribution in [2.45, 2.75) is 33.7 Å². The van der Waals surface area contributed by atoms with Crippen LogP contribution in [0.2, 0.25) is 0 Å². The number of nitrogens with zero attached hydrogens (tertiary/aromatic N) is 1. The highest BCUT2D eigenvalue weighted by Gasteiger charge is 2.20.